The molecule has 1 saturated heterocycles. The average Bonchev–Trinajstić information content (AvgIpc) is 3.60. The van der Waals surface area contributed by atoms with Crippen LogP contribution in [0.5, 0.6) is 17.2 Å². The zero-order chi connectivity index (χ0) is 27.2. The highest BCUT2D eigenvalue weighted by Crippen LogP contribution is 2.28. The Morgan fingerprint density at radius 2 is 1.90 bits per heavy atom. The largest absolute Gasteiger partial charge is 0.493 e. The molecule has 0 unspecified atom stereocenters. The first-order valence-corrected chi connectivity index (χ1v) is 12.6. The van der Waals surface area contributed by atoms with E-state index in [-0.39, 0.29) is 37.3 Å². The minimum absolute atomic E-state index is 0.0116. The van der Waals surface area contributed by atoms with E-state index in [2.05, 4.69) is 26.2 Å². The number of carbonyl (C=O) groups excluding carboxylic acids is 3. The van der Waals surface area contributed by atoms with Gasteiger partial charge in [0.1, 0.15) is 24.7 Å². The van der Waals surface area contributed by atoms with Gasteiger partial charge >= 0.3 is 0 Å². The lowest BCUT2D eigenvalue weighted by Gasteiger charge is -2.21. The number of benzene rings is 2. The highest BCUT2D eigenvalue weighted by atomic mass is 16.5. The molecule has 0 radical (unpaired) electrons. The molecule has 2 N–H and O–H groups in total. The summed E-state index contributed by atoms with van der Waals surface area (Å²) in [5.41, 5.74) is 1.76. The summed E-state index contributed by atoms with van der Waals surface area (Å²) in [6.45, 7) is 0.733. The number of nitrogens with one attached hydrogen (secondary N) is 2. The lowest BCUT2D eigenvalue weighted by Crippen LogP contribution is -2.45. The Morgan fingerprint density at radius 1 is 1.08 bits per heavy atom. The molecule has 4 bridgehead atoms. The molecule has 6 heterocycles. The van der Waals surface area contributed by atoms with Crippen molar-refractivity contribution >= 4 is 17.7 Å². The summed E-state index contributed by atoms with van der Waals surface area (Å²) in [6, 6.07) is 12.2. The molecule has 13 nitrogen and oxygen atoms in total. The van der Waals surface area contributed by atoms with Crippen LogP contribution >= 0.6 is 0 Å². The Hall–Kier alpha value is -4.68. The summed E-state index contributed by atoms with van der Waals surface area (Å²) in [5.74, 6) is 0.896. The normalized spacial score (nSPS) is 19.9. The van der Waals surface area contributed by atoms with E-state index >= 15 is 0 Å². The topological polar surface area (TPSA) is 150 Å². The second-order valence-electron chi connectivity index (χ2n) is 9.33. The number of aromatic nitrogens is 4. The summed E-state index contributed by atoms with van der Waals surface area (Å²) in [7, 11) is 1.52. The smallest absolute Gasteiger partial charge is 0.258 e. The fourth-order valence-corrected chi connectivity index (χ4v) is 4.51. The SMILES string of the molecule is COc1cc2ccc1OCC(=O)NCc1ccc(cc1)O[C@H]1CN(C(=O)Cn3cnnn3)C[C@@H]1NC(=O)CC2. The van der Waals surface area contributed by atoms with E-state index in [1.807, 2.05) is 18.2 Å². The van der Waals surface area contributed by atoms with Crippen LogP contribution in [0.2, 0.25) is 0 Å². The van der Waals surface area contributed by atoms with Crippen LogP contribution in [0, 0.1) is 0 Å². The fourth-order valence-electron chi connectivity index (χ4n) is 4.51. The minimum Gasteiger partial charge on any atom is -0.493 e. The van der Waals surface area contributed by atoms with Crippen LogP contribution in [-0.4, -0.2) is 81.8 Å². The second kappa shape index (κ2) is 11.8. The number of ether oxygens (including phenoxy) is 3. The third-order valence-corrected chi connectivity index (χ3v) is 6.58. The van der Waals surface area contributed by atoms with Gasteiger partial charge in [0.25, 0.3) is 5.91 Å². The quantitative estimate of drug-likeness (QED) is 0.476. The van der Waals surface area contributed by atoms with Crippen LogP contribution in [0.4, 0.5) is 0 Å². The van der Waals surface area contributed by atoms with Gasteiger partial charge in [-0.3, -0.25) is 14.4 Å². The Labute approximate surface area is 224 Å². The first kappa shape index (κ1) is 25.9. The van der Waals surface area contributed by atoms with E-state index in [1.54, 1.807) is 29.2 Å². The van der Waals surface area contributed by atoms with Crippen LogP contribution < -0.4 is 24.8 Å². The van der Waals surface area contributed by atoms with Crippen molar-refractivity contribution in [3.63, 3.8) is 0 Å². The molecular weight excluding hydrogens is 506 g/mol. The molecule has 13 heteroatoms. The van der Waals surface area contributed by atoms with Gasteiger partial charge in [-0.05, 0) is 52.2 Å². The lowest BCUT2D eigenvalue weighted by molar-refractivity contribution is -0.131. The number of likely N-dealkylation sites (tertiary alicyclic amines) is 1. The molecule has 2 atom stereocenters. The van der Waals surface area contributed by atoms with Crippen molar-refractivity contribution in [3.05, 3.63) is 59.9 Å². The zero-order valence-electron chi connectivity index (χ0n) is 21.4. The predicted octanol–water partition coefficient (Wildman–Crippen LogP) is 0.0977. The van der Waals surface area contributed by atoms with Gasteiger partial charge in [-0.1, -0.05) is 18.2 Å². The van der Waals surface area contributed by atoms with Gasteiger partial charge in [0.05, 0.1) is 19.7 Å². The third-order valence-electron chi connectivity index (χ3n) is 6.58. The standard InChI is InChI=1S/C26H29N7O6/c1-37-22-10-17-4-8-21(22)38-15-25(35)27-11-18-2-6-19(7-3-18)39-23-13-32(12-20(23)29-24(34)9-5-17)26(36)14-33-16-28-30-31-33/h2-4,6-8,10,16,20,23H,5,9,11-15H2,1H3,(H,27,35)(H,29,34)/t20-,23-/m0/s1. The number of amides is 3. The molecule has 5 aliphatic heterocycles. The monoisotopic (exact) mass is 535 g/mol. The van der Waals surface area contributed by atoms with E-state index in [0.29, 0.717) is 43.3 Å². The van der Waals surface area contributed by atoms with Crippen LogP contribution in [0.15, 0.2) is 48.8 Å². The van der Waals surface area contributed by atoms with Crippen molar-refractivity contribution in [2.75, 3.05) is 26.8 Å². The Balaban J connectivity index is 1.35. The molecule has 204 valence electrons. The van der Waals surface area contributed by atoms with Crippen molar-refractivity contribution in [1.29, 1.82) is 0 Å². The molecule has 1 aromatic heterocycles. The molecule has 5 aliphatic rings. The van der Waals surface area contributed by atoms with E-state index < -0.39 is 12.1 Å². The van der Waals surface area contributed by atoms with Gasteiger partial charge in [-0.25, -0.2) is 4.68 Å². The number of hydrogen-bond donors (Lipinski definition) is 2. The van der Waals surface area contributed by atoms with Crippen molar-refractivity contribution in [3.8, 4) is 17.2 Å². The third kappa shape index (κ3) is 6.61. The maximum Gasteiger partial charge on any atom is 0.258 e. The number of nitrogens with zero attached hydrogens (tertiary/aromatic N) is 5. The van der Waals surface area contributed by atoms with E-state index in [9.17, 15) is 14.4 Å². The molecule has 0 aliphatic carbocycles. The van der Waals surface area contributed by atoms with Crippen LogP contribution in [0.1, 0.15) is 17.5 Å². The number of carbonyl (C=O) groups is 3. The lowest BCUT2D eigenvalue weighted by atomic mass is 10.1. The molecule has 1 fully saturated rings. The zero-order valence-corrected chi connectivity index (χ0v) is 21.4. The van der Waals surface area contributed by atoms with Crippen molar-refractivity contribution in [2.45, 2.75) is 38.1 Å². The molecule has 3 amide bonds. The number of rotatable bonds is 3. The average molecular weight is 536 g/mol. The van der Waals surface area contributed by atoms with Crippen molar-refractivity contribution < 1.29 is 28.6 Å². The maximum atomic E-state index is 13.0. The Morgan fingerprint density at radius 3 is 2.67 bits per heavy atom. The number of aryl methyl sites for hydroxylation is 1. The van der Waals surface area contributed by atoms with E-state index in [1.165, 1.54) is 18.1 Å². The fraction of sp³-hybridized carbons (Fsp3) is 0.385. The summed E-state index contributed by atoms with van der Waals surface area (Å²) in [5, 5.41) is 16.8. The van der Waals surface area contributed by atoms with Gasteiger partial charge < -0.3 is 29.7 Å². The number of methoxy groups -OCH3 is 1. The van der Waals surface area contributed by atoms with Gasteiger partial charge in [-0.2, -0.15) is 0 Å². The molecular formula is C26H29N7O6. The first-order valence-electron chi connectivity index (χ1n) is 12.6. The van der Waals surface area contributed by atoms with E-state index in [4.69, 9.17) is 14.2 Å². The Kier molecular flexibility index (Phi) is 7.85. The summed E-state index contributed by atoms with van der Waals surface area (Å²) in [4.78, 5) is 39.8. The van der Waals surface area contributed by atoms with Crippen LogP contribution in [-0.2, 0) is 33.9 Å². The predicted molar refractivity (Wildman–Crippen MR) is 136 cm³/mol. The molecule has 39 heavy (non-hydrogen) atoms. The minimum atomic E-state index is -0.459. The van der Waals surface area contributed by atoms with E-state index in [0.717, 1.165) is 11.1 Å². The molecule has 0 saturated carbocycles. The highest BCUT2D eigenvalue weighted by Gasteiger charge is 2.38. The summed E-state index contributed by atoms with van der Waals surface area (Å²) < 4.78 is 18.7. The van der Waals surface area contributed by atoms with Crippen LogP contribution in [0.3, 0.4) is 0 Å². The number of tetrazole rings is 1. The molecule has 3 aromatic rings. The first-order chi connectivity index (χ1) is 19.0. The van der Waals surface area contributed by atoms with Gasteiger partial charge in [-0.15, -0.1) is 5.10 Å². The number of hydrogen-bond acceptors (Lipinski definition) is 9. The molecule has 2 aromatic carbocycles. The highest BCUT2D eigenvalue weighted by molar-refractivity contribution is 5.79. The van der Waals surface area contributed by atoms with Crippen molar-refractivity contribution in [2.24, 2.45) is 0 Å². The summed E-state index contributed by atoms with van der Waals surface area (Å²) in [6.07, 6.45) is 1.60. The van der Waals surface area contributed by atoms with Crippen LogP contribution in [0.25, 0.3) is 0 Å². The van der Waals surface area contributed by atoms with Gasteiger partial charge in [0.15, 0.2) is 18.1 Å². The Bertz CT molecular complexity index is 1310. The molecule has 8 rings (SSSR count). The second-order valence-corrected chi connectivity index (χ2v) is 9.33. The van der Waals surface area contributed by atoms with Crippen molar-refractivity contribution in [1.82, 2.24) is 35.7 Å². The summed E-state index contributed by atoms with van der Waals surface area (Å²) >= 11 is 0. The maximum absolute atomic E-state index is 13.0. The molecule has 0 spiro atoms. The van der Waals surface area contributed by atoms with Gasteiger partial charge in [0.2, 0.25) is 11.8 Å². The van der Waals surface area contributed by atoms with Gasteiger partial charge in [0, 0.05) is 19.5 Å².